The summed E-state index contributed by atoms with van der Waals surface area (Å²) < 4.78 is 0.959. The number of benzene rings is 2. The van der Waals surface area contributed by atoms with Gasteiger partial charge in [0.2, 0.25) is 11.8 Å². The number of aromatic nitrogens is 1. The van der Waals surface area contributed by atoms with Gasteiger partial charge in [-0.25, -0.2) is 0 Å². The number of nitrogens with one attached hydrogen (secondary N) is 2. The van der Waals surface area contributed by atoms with Crippen molar-refractivity contribution in [3.63, 3.8) is 0 Å². The van der Waals surface area contributed by atoms with E-state index < -0.39 is 0 Å². The second-order valence-corrected chi connectivity index (χ2v) is 7.31. The van der Waals surface area contributed by atoms with Crippen LogP contribution >= 0.6 is 22.6 Å². The lowest BCUT2D eigenvalue weighted by atomic mass is 10.1. The zero-order valence-electron chi connectivity index (χ0n) is 15.1. The summed E-state index contributed by atoms with van der Waals surface area (Å²) in [4.78, 5) is 30.4. The third kappa shape index (κ3) is 4.66. The first kappa shape index (κ1) is 19.8. The Morgan fingerprint density at radius 1 is 1.21 bits per heavy atom. The van der Waals surface area contributed by atoms with E-state index in [0.717, 1.165) is 9.13 Å². The van der Waals surface area contributed by atoms with Gasteiger partial charge in [0.1, 0.15) is 0 Å². The van der Waals surface area contributed by atoms with Crippen molar-refractivity contribution in [3.05, 3.63) is 79.7 Å². The number of halogens is 1. The summed E-state index contributed by atoms with van der Waals surface area (Å²) in [5.74, 6) is -0.381. The first-order valence-corrected chi connectivity index (χ1v) is 9.63. The molecule has 7 heteroatoms. The summed E-state index contributed by atoms with van der Waals surface area (Å²) in [7, 11) is 0. The lowest BCUT2D eigenvalue weighted by molar-refractivity contribution is -0.111. The minimum absolute atomic E-state index is 0.177. The molecule has 6 nitrogen and oxygen atoms in total. The van der Waals surface area contributed by atoms with Gasteiger partial charge in [0, 0.05) is 26.2 Å². The Morgan fingerprint density at radius 2 is 1.96 bits per heavy atom. The molecule has 142 valence electrons. The second kappa shape index (κ2) is 8.83. The smallest absolute Gasteiger partial charge is 0.258 e. The van der Waals surface area contributed by atoms with E-state index in [4.69, 9.17) is 0 Å². The summed E-state index contributed by atoms with van der Waals surface area (Å²) in [6, 6.07) is 12.8. The van der Waals surface area contributed by atoms with Crippen LogP contribution in [0, 0.1) is 3.57 Å². The molecular weight excluding hydrogens is 469 g/mol. The van der Waals surface area contributed by atoms with Crippen LogP contribution in [-0.4, -0.2) is 22.2 Å². The molecule has 3 aromatic rings. The Hall–Kier alpha value is -2.94. The molecule has 0 aliphatic carbocycles. The van der Waals surface area contributed by atoms with Crippen molar-refractivity contribution in [2.24, 2.45) is 4.99 Å². The monoisotopic (exact) mass is 487 g/mol. The number of carbonyl (C=O) groups is 1. The van der Waals surface area contributed by atoms with E-state index in [9.17, 15) is 14.7 Å². The van der Waals surface area contributed by atoms with Gasteiger partial charge in [-0.15, -0.1) is 0 Å². The summed E-state index contributed by atoms with van der Waals surface area (Å²) in [6.07, 6.45) is 4.70. The lowest BCUT2D eigenvalue weighted by Crippen LogP contribution is -2.08. The van der Waals surface area contributed by atoms with Gasteiger partial charge in [0.25, 0.3) is 5.56 Å². The molecule has 1 aromatic heterocycles. The Morgan fingerprint density at radius 3 is 2.68 bits per heavy atom. The van der Waals surface area contributed by atoms with E-state index in [1.54, 1.807) is 25.3 Å². The van der Waals surface area contributed by atoms with Crippen LogP contribution in [-0.2, 0) is 11.3 Å². The maximum Gasteiger partial charge on any atom is 0.258 e. The molecule has 3 N–H and O–H groups in total. The summed E-state index contributed by atoms with van der Waals surface area (Å²) in [6.45, 7) is 2.18. The van der Waals surface area contributed by atoms with Gasteiger partial charge in [-0.2, -0.15) is 0 Å². The number of nitrogens with zero attached hydrogens (tertiary/aromatic N) is 1. The molecule has 0 fully saturated rings. The third-order valence-corrected chi connectivity index (χ3v) is 4.71. The van der Waals surface area contributed by atoms with Gasteiger partial charge < -0.3 is 10.4 Å². The van der Waals surface area contributed by atoms with Crippen molar-refractivity contribution in [1.82, 2.24) is 4.98 Å². The highest BCUT2D eigenvalue weighted by molar-refractivity contribution is 14.1. The molecule has 28 heavy (non-hydrogen) atoms. The standard InChI is InChI=1S/C21H18IN3O3/c1-2-3-19(26)24-15-7-4-13(5-8-15)11-23-12-18-17-10-14(22)6-9-16(17)20(27)25-21(18)28/h2-10,12H,11H2,1H3,(H,24,26)(H2,25,27,28)/b3-2+,23-12?. The molecule has 0 unspecified atom stereocenters. The fourth-order valence-corrected chi connectivity index (χ4v) is 3.20. The first-order chi connectivity index (χ1) is 13.5. The van der Waals surface area contributed by atoms with Gasteiger partial charge in [0.15, 0.2) is 0 Å². The molecule has 0 saturated heterocycles. The van der Waals surface area contributed by atoms with Crippen LogP contribution in [0.5, 0.6) is 5.88 Å². The van der Waals surface area contributed by atoms with E-state index in [0.29, 0.717) is 28.6 Å². The van der Waals surface area contributed by atoms with Gasteiger partial charge >= 0.3 is 0 Å². The van der Waals surface area contributed by atoms with Crippen molar-refractivity contribution < 1.29 is 9.90 Å². The average molecular weight is 487 g/mol. The topological polar surface area (TPSA) is 94.5 Å². The zero-order valence-corrected chi connectivity index (χ0v) is 17.2. The molecule has 1 heterocycles. The molecule has 0 radical (unpaired) electrons. The van der Waals surface area contributed by atoms with Crippen LogP contribution in [0.15, 0.2) is 64.4 Å². The molecular formula is C21H18IN3O3. The normalized spacial score (nSPS) is 11.5. The molecule has 0 bridgehead atoms. The molecule has 0 aliphatic heterocycles. The second-order valence-electron chi connectivity index (χ2n) is 6.06. The van der Waals surface area contributed by atoms with Gasteiger partial charge in [0.05, 0.1) is 12.1 Å². The van der Waals surface area contributed by atoms with E-state index in [1.165, 1.54) is 6.08 Å². The van der Waals surface area contributed by atoms with Crippen LogP contribution < -0.4 is 10.9 Å². The molecule has 0 spiro atoms. The number of aliphatic imine (C=N–C) groups is 1. The van der Waals surface area contributed by atoms with Gasteiger partial charge in [-0.1, -0.05) is 18.2 Å². The summed E-state index contributed by atoms with van der Waals surface area (Å²) >= 11 is 2.16. The zero-order chi connectivity index (χ0) is 20.1. The lowest BCUT2D eigenvalue weighted by Gasteiger charge is -2.06. The van der Waals surface area contributed by atoms with Crippen molar-refractivity contribution >= 4 is 51.2 Å². The van der Waals surface area contributed by atoms with E-state index in [2.05, 4.69) is 37.9 Å². The number of hydrogen-bond donors (Lipinski definition) is 3. The number of rotatable bonds is 5. The minimum Gasteiger partial charge on any atom is -0.494 e. The summed E-state index contributed by atoms with van der Waals surface area (Å²) in [5.41, 5.74) is 1.79. The van der Waals surface area contributed by atoms with Crippen LogP contribution in [0.25, 0.3) is 10.8 Å². The molecule has 0 atom stereocenters. The van der Waals surface area contributed by atoms with E-state index in [-0.39, 0.29) is 17.3 Å². The molecule has 3 rings (SSSR count). The Balaban J connectivity index is 1.79. The third-order valence-electron chi connectivity index (χ3n) is 4.04. The van der Waals surface area contributed by atoms with Gasteiger partial charge in [-0.05, 0) is 71.5 Å². The number of carbonyl (C=O) groups excluding carboxylic acids is 1. The molecule has 1 amide bonds. The van der Waals surface area contributed by atoms with Crippen LogP contribution in [0.4, 0.5) is 5.69 Å². The largest absolute Gasteiger partial charge is 0.494 e. The molecule has 0 saturated carbocycles. The number of allylic oxidation sites excluding steroid dienone is 1. The van der Waals surface area contributed by atoms with Crippen LogP contribution in [0.3, 0.4) is 0 Å². The minimum atomic E-state index is -0.336. The Labute approximate surface area is 175 Å². The molecule has 2 aromatic carbocycles. The fourth-order valence-electron chi connectivity index (χ4n) is 2.71. The van der Waals surface area contributed by atoms with E-state index >= 15 is 0 Å². The fraction of sp³-hybridized carbons (Fsp3) is 0.0952. The summed E-state index contributed by atoms with van der Waals surface area (Å²) in [5, 5.41) is 14.1. The number of anilines is 1. The number of hydrogen-bond acceptors (Lipinski definition) is 4. The van der Waals surface area contributed by atoms with Crippen LogP contribution in [0.1, 0.15) is 18.1 Å². The number of fused-ring (bicyclic) bond motifs is 1. The van der Waals surface area contributed by atoms with Crippen molar-refractivity contribution in [1.29, 1.82) is 0 Å². The Bertz CT molecular complexity index is 1130. The first-order valence-electron chi connectivity index (χ1n) is 8.55. The Kier molecular flexibility index (Phi) is 6.25. The van der Waals surface area contributed by atoms with E-state index in [1.807, 2.05) is 36.4 Å². The highest BCUT2D eigenvalue weighted by Gasteiger charge is 2.09. The SMILES string of the molecule is C/C=C/C(=O)Nc1ccc(CN=Cc2c(O)[nH]c(=O)c3ccc(I)cc23)cc1. The highest BCUT2D eigenvalue weighted by atomic mass is 127. The number of amides is 1. The average Bonchev–Trinajstić information content (AvgIpc) is 2.65. The maximum absolute atomic E-state index is 12.0. The van der Waals surface area contributed by atoms with Crippen molar-refractivity contribution in [3.8, 4) is 5.88 Å². The number of pyridine rings is 1. The van der Waals surface area contributed by atoms with Crippen molar-refractivity contribution in [2.75, 3.05) is 5.32 Å². The van der Waals surface area contributed by atoms with Crippen molar-refractivity contribution in [2.45, 2.75) is 13.5 Å². The predicted molar refractivity (Wildman–Crippen MR) is 120 cm³/mol. The van der Waals surface area contributed by atoms with Crippen LogP contribution in [0.2, 0.25) is 0 Å². The van der Waals surface area contributed by atoms with Gasteiger partial charge in [-0.3, -0.25) is 19.6 Å². The maximum atomic E-state index is 12.0. The quantitative estimate of drug-likeness (QED) is 0.289. The number of aromatic hydroxyl groups is 1. The molecule has 0 aliphatic rings. The number of aromatic amines is 1. The predicted octanol–water partition coefficient (Wildman–Crippen LogP) is 3.97. The number of H-pyrrole nitrogens is 1. The highest BCUT2D eigenvalue weighted by Crippen LogP contribution is 2.23.